The van der Waals surface area contributed by atoms with Gasteiger partial charge in [-0.1, -0.05) is 48.0 Å². The molecule has 0 aromatic heterocycles. The topological polar surface area (TPSA) is 12.0 Å². The Morgan fingerprint density at radius 1 is 1.00 bits per heavy atom. The Hall–Kier alpha value is -1.60. The molecule has 3 rings (SSSR count). The van der Waals surface area contributed by atoms with Crippen molar-refractivity contribution in [3.05, 3.63) is 59.2 Å². The van der Waals surface area contributed by atoms with Crippen LogP contribution in [0.3, 0.4) is 0 Å². The Kier molecular flexibility index (Phi) is 2.92. The fourth-order valence-corrected chi connectivity index (χ4v) is 2.84. The second-order valence-corrected chi connectivity index (χ2v) is 5.16. The van der Waals surface area contributed by atoms with Gasteiger partial charge in [-0.15, -0.1) is 0 Å². The number of fused-ring (bicyclic) bond motifs is 1. The van der Waals surface area contributed by atoms with Crippen LogP contribution >= 0.6 is 0 Å². The zero-order chi connectivity index (χ0) is 12.5. The molecule has 1 N–H and O–H groups in total. The van der Waals surface area contributed by atoms with E-state index in [9.17, 15) is 0 Å². The van der Waals surface area contributed by atoms with Crippen molar-refractivity contribution in [3.8, 4) is 11.1 Å². The average Bonchev–Trinajstić information content (AvgIpc) is 2.81. The number of benzene rings is 2. The van der Waals surface area contributed by atoms with E-state index in [0.29, 0.717) is 6.04 Å². The van der Waals surface area contributed by atoms with E-state index in [4.69, 9.17) is 0 Å². The highest BCUT2D eigenvalue weighted by Gasteiger charge is 2.20. The van der Waals surface area contributed by atoms with Crippen LogP contribution in [0.25, 0.3) is 11.1 Å². The lowest BCUT2D eigenvalue weighted by Crippen LogP contribution is -2.12. The Labute approximate surface area is 109 Å². The van der Waals surface area contributed by atoms with E-state index in [2.05, 4.69) is 54.7 Å². The summed E-state index contributed by atoms with van der Waals surface area (Å²) in [6.07, 6.45) is 2.42. The molecule has 0 amide bonds. The van der Waals surface area contributed by atoms with Crippen LogP contribution < -0.4 is 5.32 Å². The summed E-state index contributed by atoms with van der Waals surface area (Å²) in [4.78, 5) is 0. The molecule has 92 valence electrons. The molecule has 0 fully saturated rings. The van der Waals surface area contributed by atoms with Crippen molar-refractivity contribution in [1.82, 2.24) is 5.32 Å². The van der Waals surface area contributed by atoms with Crippen LogP contribution in [0, 0.1) is 6.92 Å². The van der Waals surface area contributed by atoms with Gasteiger partial charge in [0.05, 0.1) is 0 Å². The first kappa shape index (κ1) is 11.5. The maximum Gasteiger partial charge on any atom is 0.0323 e. The highest BCUT2D eigenvalue weighted by atomic mass is 14.9. The molecule has 0 spiro atoms. The van der Waals surface area contributed by atoms with Crippen LogP contribution in [0.4, 0.5) is 0 Å². The summed E-state index contributed by atoms with van der Waals surface area (Å²) in [6, 6.07) is 16.2. The molecule has 1 unspecified atom stereocenters. The zero-order valence-corrected chi connectivity index (χ0v) is 11.0. The predicted molar refractivity (Wildman–Crippen MR) is 76.7 cm³/mol. The Bertz CT molecular complexity index is 554. The number of nitrogens with one attached hydrogen (secondary N) is 1. The summed E-state index contributed by atoms with van der Waals surface area (Å²) in [5, 5.41) is 3.39. The summed E-state index contributed by atoms with van der Waals surface area (Å²) >= 11 is 0. The van der Waals surface area contributed by atoms with E-state index in [1.54, 1.807) is 0 Å². The van der Waals surface area contributed by atoms with Gasteiger partial charge >= 0.3 is 0 Å². The van der Waals surface area contributed by atoms with Crippen molar-refractivity contribution in [1.29, 1.82) is 0 Å². The Morgan fingerprint density at radius 3 is 2.44 bits per heavy atom. The molecule has 1 atom stereocenters. The first-order chi connectivity index (χ1) is 8.78. The fourth-order valence-electron chi connectivity index (χ4n) is 2.84. The van der Waals surface area contributed by atoms with E-state index in [0.717, 1.165) is 0 Å². The molecule has 0 bridgehead atoms. The number of hydrogen-bond donors (Lipinski definition) is 1. The van der Waals surface area contributed by atoms with E-state index in [1.165, 1.54) is 40.7 Å². The van der Waals surface area contributed by atoms with E-state index in [-0.39, 0.29) is 0 Å². The third-order valence-electron chi connectivity index (χ3n) is 3.95. The maximum atomic E-state index is 3.39. The minimum absolute atomic E-state index is 0.548. The normalized spacial score (nSPS) is 17.8. The molecule has 0 aliphatic heterocycles. The standard InChI is InChI=1S/C17H19N/c1-12-3-5-13(6-4-12)14-7-9-16-15(11-14)8-10-17(16)18-2/h3-7,9,11,17-18H,8,10H2,1-2H3. The molecule has 1 heteroatoms. The van der Waals surface area contributed by atoms with Crippen molar-refractivity contribution < 1.29 is 0 Å². The van der Waals surface area contributed by atoms with Gasteiger partial charge in [-0.2, -0.15) is 0 Å². The van der Waals surface area contributed by atoms with Gasteiger partial charge in [0.1, 0.15) is 0 Å². The lowest BCUT2D eigenvalue weighted by molar-refractivity contribution is 0.590. The largest absolute Gasteiger partial charge is 0.313 e. The molecule has 1 nitrogen and oxygen atoms in total. The minimum Gasteiger partial charge on any atom is -0.313 e. The van der Waals surface area contributed by atoms with E-state index < -0.39 is 0 Å². The van der Waals surface area contributed by atoms with Crippen LogP contribution in [0.2, 0.25) is 0 Å². The minimum atomic E-state index is 0.548. The quantitative estimate of drug-likeness (QED) is 0.836. The van der Waals surface area contributed by atoms with Crippen molar-refractivity contribution in [3.63, 3.8) is 0 Å². The third kappa shape index (κ3) is 1.95. The first-order valence-corrected chi connectivity index (χ1v) is 6.65. The van der Waals surface area contributed by atoms with Gasteiger partial charge in [0.2, 0.25) is 0 Å². The monoisotopic (exact) mass is 237 g/mol. The van der Waals surface area contributed by atoms with Crippen LogP contribution in [-0.4, -0.2) is 7.05 Å². The van der Waals surface area contributed by atoms with Gasteiger partial charge in [-0.05, 0) is 49.1 Å². The second-order valence-electron chi connectivity index (χ2n) is 5.16. The van der Waals surface area contributed by atoms with E-state index >= 15 is 0 Å². The van der Waals surface area contributed by atoms with Gasteiger partial charge in [0.15, 0.2) is 0 Å². The van der Waals surface area contributed by atoms with Crippen LogP contribution in [0.5, 0.6) is 0 Å². The Balaban J connectivity index is 1.98. The molecule has 0 radical (unpaired) electrons. The molecule has 1 aliphatic carbocycles. The molecular weight excluding hydrogens is 218 g/mol. The highest BCUT2D eigenvalue weighted by molar-refractivity contribution is 5.65. The lowest BCUT2D eigenvalue weighted by Gasteiger charge is -2.11. The predicted octanol–water partition coefficient (Wildman–Crippen LogP) is 3.87. The van der Waals surface area contributed by atoms with Gasteiger partial charge in [0, 0.05) is 6.04 Å². The van der Waals surface area contributed by atoms with Gasteiger partial charge < -0.3 is 5.32 Å². The number of hydrogen-bond acceptors (Lipinski definition) is 1. The van der Waals surface area contributed by atoms with Crippen molar-refractivity contribution in [2.75, 3.05) is 7.05 Å². The summed E-state index contributed by atoms with van der Waals surface area (Å²) in [5.74, 6) is 0. The fraction of sp³-hybridized carbons (Fsp3) is 0.294. The van der Waals surface area contributed by atoms with Crippen molar-refractivity contribution in [2.24, 2.45) is 0 Å². The zero-order valence-electron chi connectivity index (χ0n) is 11.0. The molecule has 2 aromatic carbocycles. The summed E-state index contributed by atoms with van der Waals surface area (Å²) in [7, 11) is 2.05. The second kappa shape index (κ2) is 4.58. The van der Waals surface area contributed by atoms with Gasteiger partial charge in [-0.3, -0.25) is 0 Å². The summed E-state index contributed by atoms with van der Waals surface area (Å²) in [5.41, 5.74) is 6.96. The smallest absolute Gasteiger partial charge is 0.0323 e. The van der Waals surface area contributed by atoms with Crippen molar-refractivity contribution in [2.45, 2.75) is 25.8 Å². The molecule has 1 aliphatic rings. The molecule has 18 heavy (non-hydrogen) atoms. The Morgan fingerprint density at radius 2 is 1.72 bits per heavy atom. The average molecular weight is 237 g/mol. The lowest BCUT2D eigenvalue weighted by atomic mass is 9.99. The summed E-state index contributed by atoms with van der Waals surface area (Å²) < 4.78 is 0. The number of aryl methyl sites for hydroxylation is 2. The molecular formula is C17H19N. The molecule has 0 heterocycles. The summed E-state index contributed by atoms with van der Waals surface area (Å²) in [6.45, 7) is 2.13. The highest BCUT2D eigenvalue weighted by Crippen LogP contribution is 2.33. The van der Waals surface area contributed by atoms with Crippen LogP contribution in [0.1, 0.15) is 29.2 Å². The van der Waals surface area contributed by atoms with Crippen LogP contribution in [-0.2, 0) is 6.42 Å². The SMILES string of the molecule is CNC1CCc2cc(-c3ccc(C)cc3)ccc21. The van der Waals surface area contributed by atoms with Gasteiger partial charge in [0.25, 0.3) is 0 Å². The van der Waals surface area contributed by atoms with E-state index in [1.807, 2.05) is 7.05 Å². The maximum absolute atomic E-state index is 3.39. The first-order valence-electron chi connectivity index (χ1n) is 6.65. The van der Waals surface area contributed by atoms with Gasteiger partial charge in [-0.25, -0.2) is 0 Å². The molecule has 2 aromatic rings. The van der Waals surface area contributed by atoms with Crippen molar-refractivity contribution >= 4 is 0 Å². The molecule has 0 saturated heterocycles. The molecule has 0 saturated carbocycles. The number of rotatable bonds is 2. The van der Waals surface area contributed by atoms with Crippen LogP contribution in [0.15, 0.2) is 42.5 Å². The third-order valence-corrected chi connectivity index (χ3v) is 3.95.